The van der Waals surface area contributed by atoms with E-state index in [0.717, 1.165) is 20.1 Å². The molecule has 3 rings (SSSR count). The minimum atomic E-state index is 0.0647. The minimum Gasteiger partial charge on any atom is -0.378 e. The average Bonchev–Trinajstić information content (AvgIpc) is 2.85. The SMILES string of the molecule is CC(Nc1ccc2c(c1)NC(=O)CS2)c1ccc(Br)s1. The lowest BCUT2D eigenvalue weighted by atomic mass is 10.2. The molecule has 2 heterocycles. The molecule has 1 aliphatic rings. The van der Waals surface area contributed by atoms with Crippen molar-refractivity contribution in [3.05, 3.63) is 39.0 Å². The molecular weight excluding hydrogens is 356 g/mol. The van der Waals surface area contributed by atoms with Crippen LogP contribution in [0.5, 0.6) is 0 Å². The number of rotatable bonds is 3. The Bertz CT molecular complexity index is 656. The third-order valence-corrected chi connectivity index (χ3v) is 5.90. The number of nitrogens with one attached hydrogen (secondary N) is 2. The van der Waals surface area contributed by atoms with Gasteiger partial charge in [-0.25, -0.2) is 0 Å². The maximum atomic E-state index is 11.4. The molecule has 0 radical (unpaired) electrons. The predicted octanol–water partition coefficient (Wildman–Crippen LogP) is 4.73. The fourth-order valence-electron chi connectivity index (χ4n) is 2.06. The van der Waals surface area contributed by atoms with Crippen LogP contribution in [0.15, 0.2) is 39.0 Å². The normalized spacial score (nSPS) is 15.4. The molecule has 0 saturated heterocycles. The molecule has 0 saturated carbocycles. The Labute approximate surface area is 134 Å². The second-order valence-corrected chi connectivity index (χ2v) is 8.07. The van der Waals surface area contributed by atoms with Crippen LogP contribution in [-0.4, -0.2) is 11.7 Å². The smallest absolute Gasteiger partial charge is 0.234 e. The lowest BCUT2D eigenvalue weighted by Gasteiger charge is -2.19. The van der Waals surface area contributed by atoms with Crippen LogP contribution >= 0.6 is 39.0 Å². The Hall–Kier alpha value is -0.980. The zero-order valence-corrected chi connectivity index (χ0v) is 14.0. The van der Waals surface area contributed by atoms with Crippen molar-refractivity contribution < 1.29 is 4.79 Å². The summed E-state index contributed by atoms with van der Waals surface area (Å²) in [5.74, 6) is 0.564. The molecule has 6 heteroatoms. The third kappa shape index (κ3) is 3.02. The van der Waals surface area contributed by atoms with Gasteiger partial charge in [-0.1, -0.05) is 0 Å². The van der Waals surface area contributed by atoms with Crippen molar-refractivity contribution in [2.45, 2.75) is 17.9 Å². The van der Waals surface area contributed by atoms with Gasteiger partial charge < -0.3 is 10.6 Å². The summed E-state index contributed by atoms with van der Waals surface area (Å²) in [5.41, 5.74) is 1.92. The summed E-state index contributed by atoms with van der Waals surface area (Å²) in [6.07, 6.45) is 0. The first kappa shape index (κ1) is 14.0. The maximum absolute atomic E-state index is 11.4. The van der Waals surface area contributed by atoms with Crippen LogP contribution in [0.1, 0.15) is 17.8 Å². The molecule has 1 aliphatic heterocycles. The first-order valence-corrected chi connectivity index (χ1v) is 8.80. The van der Waals surface area contributed by atoms with Crippen molar-refractivity contribution in [2.24, 2.45) is 0 Å². The number of hydrogen-bond acceptors (Lipinski definition) is 4. The largest absolute Gasteiger partial charge is 0.378 e. The van der Waals surface area contributed by atoms with E-state index in [0.29, 0.717) is 5.75 Å². The van der Waals surface area contributed by atoms with E-state index >= 15 is 0 Å². The van der Waals surface area contributed by atoms with Crippen LogP contribution in [0.4, 0.5) is 11.4 Å². The number of thioether (sulfide) groups is 1. The molecule has 104 valence electrons. The summed E-state index contributed by atoms with van der Waals surface area (Å²) >= 11 is 6.79. The van der Waals surface area contributed by atoms with Gasteiger partial charge in [0.15, 0.2) is 0 Å². The van der Waals surface area contributed by atoms with Gasteiger partial charge in [-0.2, -0.15) is 0 Å². The number of hydrogen-bond donors (Lipinski definition) is 2. The monoisotopic (exact) mass is 368 g/mol. The van der Waals surface area contributed by atoms with Gasteiger partial charge in [0, 0.05) is 15.5 Å². The van der Waals surface area contributed by atoms with E-state index in [9.17, 15) is 4.79 Å². The Kier molecular flexibility index (Phi) is 4.05. The molecule has 0 spiro atoms. The molecule has 20 heavy (non-hydrogen) atoms. The number of amides is 1. The lowest BCUT2D eigenvalue weighted by Crippen LogP contribution is -2.18. The van der Waals surface area contributed by atoms with Gasteiger partial charge in [0.2, 0.25) is 5.91 Å². The molecule has 1 unspecified atom stereocenters. The topological polar surface area (TPSA) is 41.1 Å². The molecule has 1 aromatic heterocycles. The lowest BCUT2D eigenvalue weighted by molar-refractivity contribution is -0.113. The second-order valence-electron chi connectivity index (χ2n) is 4.56. The van der Waals surface area contributed by atoms with Crippen LogP contribution in [0.2, 0.25) is 0 Å². The van der Waals surface area contributed by atoms with Crippen LogP contribution in [0.3, 0.4) is 0 Å². The zero-order valence-electron chi connectivity index (χ0n) is 10.8. The van der Waals surface area contributed by atoms with Gasteiger partial charge >= 0.3 is 0 Å². The highest BCUT2D eigenvalue weighted by molar-refractivity contribution is 9.11. The number of thiophene rings is 1. The molecule has 1 aromatic carbocycles. The minimum absolute atomic E-state index is 0.0647. The summed E-state index contributed by atoms with van der Waals surface area (Å²) < 4.78 is 1.13. The molecule has 0 fully saturated rings. The van der Waals surface area contributed by atoms with Crippen molar-refractivity contribution in [1.82, 2.24) is 0 Å². The van der Waals surface area contributed by atoms with Gasteiger partial charge in [-0.15, -0.1) is 23.1 Å². The number of benzene rings is 1. The van der Waals surface area contributed by atoms with Crippen LogP contribution in [0.25, 0.3) is 0 Å². The van der Waals surface area contributed by atoms with E-state index in [1.54, 1.807) is 23.1 Å². The number of halogens is 1. The second kappa shape index (κ2) is 5.79. The number of fused-ring (bicyclic) bond motifs is 1. The summed E-state index contributed by atoms with van der Waals surface area (Å²) in [6.45, 7) is 2.13. The number of anilines is 2. The van der Waals surface area contributed by atoms with Crippen molar-refractivity contribution >= 4 is 56.3 Å². The Morgan fingerprint density at radius 2 is 2.20 bits per heavy atom. The van der Waals surface area contributed by atoms with E-state index in [4.69, 9.17) is 0 Å². The van der Waals surface area contributed by atoms with E-state index in [-0.39, 0.29) is 11.9 Å². The van der Waals surface area contributed by atoms with Gasteiger partial charge in [-0.05, 0) is 53.2 Å². The molecule has 3 nitrogen and oxygen atoms in total. The summed E-state index contributed by atoms with van der Waals surface area (Å²) in [5, 5.41) is 6.38. The molecule has 1 atom stereocenters. The fraction of sp³-hybridized carbons (Fsp3) is 0.214. The number of carbonyl (C=O) groups is 1. The highest BCUT2D eigenvalue weighted by atomic mass is 79.9. The van der Waals surface area contributed by atoms with Gasteiger partial charge in [0.1, 0.15) is 0 Å². The average molecular weight is 369 g/mol. The molecule has 0 bridgehead atoms. The molecule has 2 aromatic rings. The van der Waals surface area contributed by atoms with Gasteiger partial charge in [-0.3, -0.25) is 4.79 Å². The van der Waals surface area contributed by atoms with E-state index in [1.165, 1.54) is 4.88 Å². The maximum Gasteiger partial charge on any atom is 0.234 e. The quantitative estimate of drug-likeness (QED) is 0.822. The standard InChI is InChI=1S/C14H13BrN2OS2/c1-8(11-4-5-13(15)20-11)16-9-2-3-12-10(6-9)17-14(18)7-19-12/h2-6,8,16H,7H2,1H3,(H,17,18). The van der Waals surface area contributed by atoms with Crippen LogP contribution in [-0.2, 0) is 4.79 Å². The van der Waals surface area contributed by atoms with Crippen molar-refractivity contribution in [2.75, 3.05) is 16.4 Å². The number of carbonyl (C=O) groups excluding carboxylic acids is 1. The fourth-order valence-corrected chi connectivity index (χ4v) is 4.27. The van der Waals surface area contributed by atoms with Gasteiger partial charge in [0.05, 0.1) is 21.3 Å². The molecule has 0 aliphatic carbocycles. The van der Waals surface area contributed by atoms with Crippen molar-refractivity contribution in [3.8, 4) is 0 Å². The van der Waals surface area contributed by atoms with Crippen LogP contribution in [0, 0.1) is 0 Å². The van der Waals surface area contributed by atoms with Crippen molar-refractivity contribution in [1.29, 1.82) is 0 Å². The first-order valence-electron chi connectivity index (χ1n) is 6.20. The Morgan fingerprint density at radius 1 is 1.35 bits per heavy atom. The van der Waals surface area contributed by atoms with Crippen molar-refractivity contribution in [3.63, 3.8) is 0 Å². The van der Waals surface area contributed by atoms with E-state index in [1.807, 2.05) is 6.07 Å². The third-order valence-electron chi connectivity index (χ3n) is 3.02. The summed E-state index contributed by atoms with van der Waals surface area (Å²) in [6, 6.07) is 10.5. The highest BCUT2D eigenvalue weighted by Gasteiger charge is 2.16. The summed E-state index contributed by atoms with van der Waals surface area (Å²) in [7, 11) is 0. The van der Waals surface area contributed by atoms with E-state index in [2.05, 4.69) is 57.8 Å². The summed E-state index contributed by atoms with van der Waals surface area (Å²) in [4.78, 5) is 13.8. The molecule has 2 N–H and O–H groups in total. The zero-order chi connectivity index (χ0) is 14.1. The van der Waals surface area contributed by atoms with Crippen LogP contribution < -0.4 is 10.6 Å². The predicted molar refractivity (Wildman–Crippen MR) is 89.9 cm³/mol. The molecule has 1 amide bonds. The first-order chi connectivity index (χ1) is 9.61. The molecular formula is C14H13BrN2OS2. The Morgan fingerprint density at radius 3 is 2.95 bits per heavy atom. The van der Waals surface area contributed by atoms with Gasteiger partial charge in [0.25, 0.3) is 0 Å². The van der Waals surface area contributed by atoms with E-state index < -0.39 is 0 Å². The highest BCUT2D eigenvalue weighted by Crippen LogP contribution is 2.35. The Balaban J connectivity index is 1.78.